The van der Waals surface area contributed by atoms with E-state index in [2.05, 4.69) is 22.5 Å². The summed E-state index contributed by atoms with van der Waals surface area (Å²) < 4.78 is 12.2. The van der Waals surface area contributed by atoms with E-state index in [0.717, 1.165) is 42.7 Å². The van der Waals surface area contributed by atoms with E-state index in [1.54, 1.807) is 55.6 Å². The number of imidazole rings is 1. The molecule has 2 amide bonds. The van der Waals surface area contributed by atoms with Crippen LogP contribution in [0.25, 0.3) is 11.0 Å². The monoisotopic (exact) mass is 641 g/mol. The van der Waals surface area contributed by atoms with Gasteiger partial charge in [-0.15, -0.1) is 0 Å². The number of rotatable bonds is 16. The zero-order valence-electron chi connectivity index (χ0n) is 27.3. The van der Waals surface area contributed by atoms with Crippen LogP contribution in [-0.4, -0.2) is 58.1 Å². The number of hydrogen-bond donors (Lipinski definition) is 3. The molecule has 0 radical (unpaired) electrons. The fourth-order valence-corrected chi connectivity index (χ4v) is 4.98. The van der Waals surface area contributed by atoms with Crippen molar-refractivity contribution in [2.24, 2.45) is 7.05 Å². The molecule has 0 unspecified atom stereocenters. The van der Waals surface area contributed by atoms with Crippen LogP contribution in [0.1, 0.15) is 74.1 Å². The number of unbranched alkanes of at least 4 members (excludes halogenated alkanes) is 4. The summed E-state index contributed by atoms with van der Waals surface area (Å²) in [4.78, 5) is 48.3. The molecule has 3 N–H and O–H groups in total. The number of esters is 1. The lowest BCUT2D eigenvalue weighted by atomic mass is 10.1. The van der Waals surface area contributed by atoms with Gasteiger partial charge in [0.1, 0.15) is 17.5 Å². The minimum Gasteiger partial charge on any atom is -0.466 e. The van der Waals surface area contributed by atoms with E-state index in [1.807, 2.05) is 29.8 Å². The van der Waals surface area contributed by atoms with Crippen LogP contribution in [0.2, 0.25) is 0 Å². The van der Waals surface area contributed by atoms with Gasteiger partial charge < -0.3 is 19.4 Å². The van der Waals surface area contributed by atoms with Gasteiger partial charge in [-0.3, -0.25) is 25.2 Å². The summed E-state index contributed by atoms with van der Waals surface area (Å²) in [7, 11) is 1.91. The zero-order valence-corrected chi connectivity index (χ0v) is 27.3. The molecule has 0 saturated heterocycles. The Morgan fingerprint density at radius 1 is 0.936 bits per heavy atom. The molecular formula is C35H43N7O5. The molecule has 12 heteroatoms. The van der Waals surface area contributed by atoms with Gasteiger partial charge in [0, 0.05) is 36.6 Å². The Bertz CT molecular complexity index is 1650. The number of amides is 2. The highest BCUT2D eigenvalue weighted by Crippen LogP contribution is 2.21. The molecule has 0 aliphatic heterocycles. The first-order valence-electron chi connectivity index (χ1n) is 16.0. The summed E-state index contributed by atoms with van der Waals surface area (Å²) in [5.41, 5.74) is 3.30. The van der Waals surface area contributed by atoms with Gasteiger partial charge in [-0.2, -0.15) is 0 Å². The normalized spacial score (nSPS) is 10.8. The molecule has 0 aliphatic rings. The largest absolute Gasteiger partial charge is 0.466 e. The average Bonchev–Trinajstić information content (AvgIpc) is 3.40. The summed E-state index contributed by atoms with van der Waals surface area (Å²) in [6, 6.07) is 17.8. The predicted molar refractivity (Wildman–Crippen MR) is 182 cm³/mol. The van der Waals surface area contributed by atoms with Crippen LogP contribution in [0.3, 0.4) is 0 Å². The smallest absolute Gasteiger partial charge is 0.412 e. The summed E-state index contributed by atoms with van der Waals surface area (Å²) >= 11 is 0. The van der Waals surface area contributed by atoms with Crippen LogP contribution in [0.4, 0.5) is 16.3 Å². The predicted octanol–water partition coefficient (Wildman–Crippen LogP) is 6.20. The van der Waals surface area contributed by atoms with Gasteiger partial charge in [0.15, 0.2) is 0 Å². The Hall–Kier alpha value is -5.26. The summed E-state index contributed by atoms with van der Waals surface area (Å²) in [6.45, 7) is 5.04. The quantitative estimate of drug-likeness (QED) is 0.0566. The number of aryl methyl sites for hydroxylation is 1. The van der Waals surface area contributed by atoms with Crippen molar-refractivity contribution in [1.82, 2.24) is 19.9 Å². The van der Waals surface area contributed by atoms with Crippen molar-refractivity contribution in [3.05, 3.63) is 83.8 Å². The molecule has 248 valence electrons. The second-order valence-electron chi connectivity index (χ2n) is 11.0. The summed E-state index contributed by atoms with van der Waals surface area (Å²) in [5, 5.41) is 14.0. The minimum absolute atomic E-state index is 0.0317. The van der Waals surface area contributed by atoms with Gasteiger partial charge >= 0.3 is 12.1 Å². The molecule has 4 aromatic rings. The van der Waals surface area contributed by atoms with Gasteiger partial charge in [-0.05, 0) is 67.9 Å². The number of aromatic nitrogens is 3. The molecule has 12 nitrogen and oxygen atoms in total. The van der Waals surface area contributed by atoms with Gasteiger partial charge in [0.2, 0.25) is 0 Å². The van der Waals surface area contributed by atoms with E-state index in [-0.39, 0.29) is 37.3 Å². The van der Waals surface area contributed by atoms with Crippen LogP contribution in [-0.2, 0) is 27.9 Å². The van der Waals surface area contributed by atoms with Crippen LogP contribution in [0.15, 0.2) is 66.9 Å². The number of carbonyl (C=O) groups is 3. The Morgan fingerprint density at radius 3 is 2.43 bits per heavy atom. The van der Waals surface area contributed by atoms with Crippen molar-refractivity contribution >= 4 is 46.3 Å². The van der Waals surface area contributed by atoms with E-state index in [1.165, 1.54) is 11.3 Å². The van der Waals surface area contributed by atoms with Crippen molar-refractivity contribution in [2.45, 2.75) is 58.9 Å². The summed E-state index contributed by atoms with van der Waals surface area (Å²) in [6.07, 6.45) is 6.32. The lowest BCUT2D eigenvalue weighted by Crippen LogP contribution is -2.34. The number of benzene rings is 2. The Labute approximate surface area is 275 Å². The Morgan fingerprint density at radius 2 is 1.70 bits per heavy atom. The van der Waals surface area contributed by atoms with Gasteiger partial charge in [-0.25, -0.2) is 14.8 Å². The van der Waals surface area contributed by atoms with Gasteiger partial charge in [0.25, 0.3) is 5.91 Å². The maximum absolute atomic E-state index is 13.6. The number of carbonyl (C=O) groups excluding carboxylic acids is 3. The number of nitrogens with one attached hydrogen (secondary N) is 3. The number of ether oxygens (including phenoxy) is 2. The topological polar surface area (TPSA) is 152 Å². The van der Waals surface area contributed by atoms with Gasteiger partial charge in [-0.1, -0.05) is 38.7 Å². The number of fused-ring (bicyclic) bond motifs is 1. The fraction of sp³-hybridized carbons (Fsp3) is 0.371. The third-order valence-electron chi connectivity index (χ3n) is 7.57. The van der Waals surface area contributed by atoms with Crippen molar-refractivity contribution in [3.8, 4) is 0 Å². The second kappa shape index (κ2) is 17.4. The number of nitrogens with zero attached hydrogens (tertiary/aromatic N) is 4. The first-order valence-corrected chi connectivity index (χ1v) is 16.0. The molecule has 47 heavy (non-hydrogen) atoms. The van der Waals surface area contributed by atoms with Crippen LogP contribution >= 0.6 is 0 Å². The van der Waals surface area contributed by atoms with Crippen LogP contribution in [0, 0.1) is 5.41 Å². The minimum atomic E-state index is -0.625. The molecule has 2 heterocycles. The molecule has 0 atom stereocenters. The SMILES string of the molecule is CCCCCCCOC(=O)NC(=N)c1ccc(NCc2nc3cc(C(=O)N(CCC(=O)OCC)c4ccccn4)ccc3n2C)cc1. The van der Waals surface area contributed by atoms with E-state index in [9.17, 15) is 14.4 Å². The average molecular weight is 642 g/mol. The molecule has 0 bridgehead atoms. The number of anilines is 2. The van der Waals surface area contributed by atoms with E-state index in [4.69, 9.17) is 19.9 Å². The first kappa shape index (κ1) is 34.6. The first-order chi connectivity index (χ1) is 22.8. The zero-order chi connectivity index (χ0) is 33.6. The standard InChI is InChI=1S/C35H43N7O5/c1-4-6-7-8-11-22-47-35(45)40-33(36)25-13-16-27(17-14-25)38-24-31-39-28-23-26(15-18-29(28)41(31)3)34(44)42(21-19-32(43)46-5-2)30-12-9-10-20-37-30/h9-10,12-18,20,23,38H,4-8,11,19,21-22,24H2,1-3H3,(H2,36,40,45). The highest BCUT2D eigenvalue weighted by atomic mass is 16.5. The lowest BCUT2D eigenvalue weighted by molar-refractivity contribution is -0.142. The molecule has 0 saturated carbocycles. The van der Waals surface area contributed by atoms with E-state index >= 15 is 0 Å². The van der Waals surface area contributed by atoms with E-state index in [0.29, 0.717) is 35.6 Å². The number of pyridine rings is 1. The lowest BCUT2D eigenvalue weighted by Gasteiger charge is -2.21. The molecule has 2 aromatic carbocycles. The molecule has 0 fully saturated rings. The number of hydrogen-bond acceptors (Lipinski definition) is 9. The maximum atomic E-state index is 13.6. The maximum Gasteiger partial charge on any atom is 0.412 e. The highest BCUT2D eigenvalue weighted by molar-refractivity contribution is 6.07. The summed E-state index contributed by atoms with van der Waals surface area (Å²) in [5.74, 6) is 0.487. The van der Waals surface area contributed by atoms with Crippen LogP contribution < -0.4 is 15.5 Å². The van der Waals surface area contributed by atoms with Crippen molar-refractivity contribution in [1.29, 1.82) is 5.41 Å². The third-order valence-corrected chi connectivity index (χ3v) is 7.57. The van der Waals surface area contributed by atoms with Crippen LogP contribution in [0.5, 0.6) is 0 Å². The van der Waals surface area contributed by atoms with E-state index < -0.39 is 6.09 Å². The highest BCUT2D eigenvalue weighted by Gasteiger charge is 2.21. The molecule has 0 spiro atoms. The Kier molecular flexibility index (Phi) is 12.8. The molecule has 4 rings (SSSR count). The Balaban J connectivity index is 1.36. The third kappa shape index (κ3) is 9.86. The fourth-order valence-electron chi connectivity index (χ4n) is 4.98. The molecular weight excluding hydrogens is 598 g/mol. The van der Waals surface area contributed by atoms with Crippen molar-refractivity contribution in [2.75, 3.05) is 30.0 Å². The number of amidine groups is 1. The van der Waals surface area contributed by atoms with Gasteiger partial charge in [0.05, 0.1) is 37.2 Å². The molecule has 2 aromatic heterocycles. The van der Waals surface area contributed by atoms with Crippen molar-refractivity contribution in [3.63, 3.8) is 0 Å². The second-order valence-corrected chi connectivity index (χ2v) is 11.0. The van der Waals surface area contributed by atoms with Crippen molar-refractivity contribution < 1.29 is 23.9 Å². The number of alkyl carbamates (subject to hydrolysis) is 1. The molecule has 0 aliphatic carbocycles.